The Hall–Kier alpha value is -2.93. The summed E-state index contributed by atoms with van der Waals surface area (Å²) < 4.78 is 10.5. The zero-order chi connectivity index (χ0) is 17.6. The number of methoxy groups -OCH3 is 1. The molecule has 0 saturated carbocycles. The molecule has 3 aromatic rings. The number of carbonyl (C=O) groups excluding carboxylic acids is 1. The summed E-state index contributed by atoms with van der Waals surface area (Å²) in [6.07, 6.45) is 1.59. The number of ether oxygens (including phenoxy) is 2. The zero-order valence-electron chi connectivity index (χ0n) is 13.9. The number of anilines is 1. The van der Waals surface area contributed by atoms with E-state index in [-0.39, 0.29) is 5.91 Å². The van der Waals surface area contributed by atoms with Crippen LogP contribution in [0.2, 0.25) is 0 Å². The van der Waals surface area contributed by atoms with Crippen LogP contribution in [0.4, 0.5) is 5.13 Å². The summed E-state index contributed by atoms with van der Waals surface area (Å²) in [6.45, 7) is 2.29. The van der Waals surface area contributed by atoms with Gasteiger partial charge in [0, 0.05) is 17.1 Å². The van der Waals surface area contributed by atoms with Crippen LogP contribution in [0.25, 0.3) is 11.3 Å². The predicted molar refractivity (Wildman–Crippen MR) is 97.5 cm³/mol. The van der Waals surface area contributed by atoms with Crippen molar-refractivity contribution in [2.24, 2.45) is 0 Å². The Labute approximate surface area is 149 Å². The number of thiazole rings is 1. The first-order valence-corrected chi connectivity index (χ1v) is 8.58. The van der Waals surface area contributed by atoms with Gasteiger partial charge >= 0.3 is 0 Å². The molecule has 2 aromatic heterocycles. The minimum absolute atomic E-state index is 0.299. The molecule has 2 heterocycles. The molecular formula is C18H17N3O3S. The smallest absolute Gasteiger partial charge is 0.262 e. The first kappa shape index (κ1) is 16.9. The quantitative estimate of drug-likeness (QED) is 0.727. The molecule has 1 amide bonds. The van der Waals surface area contributed by atoms with Crippen LogP contribution in [-0.4, -0.2) is 29.6 Å². The molecule has 0 atom stereocenters. The molecule has 0 spiro atoms. The van der Waals surface area contributed by atoms with Crippen LogP contribution in [-0.2, 0) is 0 Å². The summed E-state index contributed by atoms with van der Waals surface area (Å²) in [7, 11) is 1.63. The third-order valence-electron chi connectivity index (χ3n) is 3.41. The summed E-state index contributed by atoms with van der Waals surface area (Å²) in [5.74, 6) is 0.800. The van der Waals surface area contributed by atoms with Gasteiger partial charge in [0.25, 0.3) is 5.91 Å². The third-order valence-corrected chi connectivity index (χ3v) is 4.16. The highest BCUT2D eigenvalue weighted by molar-refractivity contribution is 7.14. The lowest BCUT2D eigenvalue weighted by atomic mass is 10.2. The van der Waals surface area contributed by atoms with Crippen LogP contribution >= 0.6 is 11.3 Å². The Balaban J connectivity index is 1.76. The Bertz CT molecular complexity index is 862. The van der Waals surface area contributed by atoms with Gasteiger partial charge < -0.3 is 9.47 Å². The highest BCUT2D eigenvalue weighted by atomic mass is 32.1. The number of rotatable bonds is 6. The van der Waals surface area contributed by atoms with Crippen molar-refractivity contribution in [2.45, 2.75) is 6.92 Å². The van der Waals surface area contributed by atoms with Gasteiger partial charge in [0.05, 0.1) is 19.4 Å². The maximum absolute atomic E-state index is 12.5. The molecule has 0 saturated heterocycles. The fraction of sp³-hybridized carbons (Fsp3) is 0.167. The van der Waals surface area contributed by atoms with E-state index in [1.54, 1.807) is 25.4 Å². The fourth-order valence-electron chi connectivity index (χ4n) is 2.21. The van der Waals surface area contributed by atoms with Crippen molar-refractivity contribution in [2.75, 3.05) is 19.0 Å². The van der Waals surface area contributed by atoms with Gasteiger partial charge in [0.2, 0.25) is 5.88 Å². The van der Waals surface area contributed by atoms with Crippen LogP contribution in [0, 0.1) is 0 Å². The summed E-state index contributed by atoms with van der Waals surface area (Å²) in [6, 6.07) is 11.0. The number of amides is 1. The highest BCUT2D eigenvalue weighted by Crippen LogP contribution is 2.27. The van der Waals surface area contributed by atoms with Crippen molar-refractivity contribution in [3.8, 4) is 22.9 Å². The van der Waals surface area contributed by atoms with Gasteiger partial charge in [-0.15, -0.1) is 11.3 Å². The molecule has 128 valence electrons. The van der Waals surface area contributed by atoms with Gasteiger partial charge in [-0.25, -0.2) is 9.97 Å². The molecule has 0 aliphatic heterocycles. The first-order chi connectivity index (χ1) is 12.2. The summed E-state index contributed by atoms with van der Waals surface area (Å²) in [5.41, 5.74) is 2.12. The number of nitrogens with one attached hydrogen (secondary N) is 1. The lowest BCUT2D eigenvalue weighted by Crippen LogP contribution is -2.14. The summed E-state index contributed by atoms with van der Waals surface area (Å²) in [5, 5.41) is 5.20. The molecule has 6 nitrogen and oxygen atoms in total. The number of nitrogens with zero attached hydrogens (tertiary/aromatic N) is 2. The monoisotopic (exact) mass is 355 g/mol. The Morgan fingerprint density at radius 1 is 1.24 bits per heavy atom. The van der Waals surface area contributed by atoms with Gasteiger partial charge in [-0.2, -0.15) is 0 Å². The second-order valence-electron chi connectivity index (χ2n) is 5.01. The lowest BCUT2D eigenvalue weighted by Gasteiger charge is -2.07. The lowest BCUT2D eigenvalue weighted by molar-refractivity contribution is 0.102. The molecule has 0 bridgehead atoms. The SMILES string of the molecule is CCOc1ncccc1C(=O)Nc1nc(-c2ccc(OC)cc2)cs1. The number of aromatic nitrogens is 2. The molecule has 0 unspecified atom stereocenters. The first-order valence-electron chi connectivity index (χ1n) is 7.70. The Morgan fingerprint density at radius 2 is 2.04 bits per heavy atom. The van der Waals surface area contributed by atoms with Gasteiger partial charge in [-0.3, -0.25) is 10.1 Å². The van der Waals surface area contributed by atoms with E-state index >= 15 is 0 Å². The fourth-order valence-corrected chi connectivity index (χ4v) is 2.92. The van der Waals surface area contributed by atoms with E-state index in [4.69, 9.17) is 9.47 Å². The van der Waals surface area contributed by atoms with E-state index in [1.807, 2.05) is 36.6 Å². The standard InChI is InChI=1S/C18H17N3O3S/c1-3-24-17-14(5-4-10-19-17)16(22)21-18-20-15(11-25-18)12-6-8-13(23-2)9-7-12/h4-11H,3H2,1-2H3,(H,20,21,22). The van der Waals surface area contributed by atoms with E-state index in [9.17, 15) is 4.79 Å². The molecule has 1 N–H and O–H groups in total. The molecule has 7 heteroatoms. The number of hydrogen-bond donors (Lipinski definition) is 1. The van der Waals surface area contributed by atoms with E-state index in [2.05, 4.69) is 15.3 Å². The molecule has 0 aliphatic rings. The second-order valence-corrected chi connectivity index (χ2v) is 5.87. The number of carbonyl (C=O) groups is 1. The minimum atomic E-state index is -0.299. The molecule has 25 heavy (non-hydrogen) atoms. The van der Waals surface area contributed by atoms with E-state index in [0.717, 1.165) is 17.0 Å². The minimum Gasteiger partial charge on any atom is -0.497 e. The predicted octanol–water partition coefficient (Wildman–Crippen LogP) is 3.86. The summed E-state index contributed by atoms with van der Waals surface area (Å²) >= 11 is 1.36. The van der Waals surface area contributed by atoms with Crippen molar-refractivity contribution in [3.63, 3.8) is 0 Å². The second kappa shape index (κ2) is 7.76. The Morgan fingerprint density at radius 3 is 2.76 bits per heavy atom. The average molecular weight is 355 g/mol. The van der Waals surface area contributed by atoms with Crippen LogP contribution in [0.3, 0.4) is 0 Å². The van der Waals surface area contributed by atoms with Gasteiger partial charge in [-0.1, -0.05) is 0 Å². The van der Waals surface area contributed by atoms with Crippen molar-refractivity contribution in [1.29, 1.82) is 0 Å². The van der Waals surface area contributed by atoms with E-state index in [0.29, 0.717) is 23.2 Å². The van der Waals surface area contributed by atoms with Crippen LogP contribution in [0.5, 0.6) is 11.6 Å². The number of pyridine rings is 1. The van der Waals surface area contributed by atoms with Gasteiger partial charge in [-0.05, 0) is 43.3 Å². The number of hydrogen-bond acceptors (Lipinski definition) is 6. The maximum Gasteiger partial charge on any atom is 0.262 e. The van der Waals surface area contributed by atoms with E-state index < -0.39 is 0 Å². The molecule has 0 fully saturated rings. The highest BCUT2D eigenvalue weighted by Gasteiger charge is 2.15. The zero-order valence-corrected chi connectivity index (χ0v) is 14.7. The molecule has 0 radical (unpaired) electrons. The van der Waals surface area contributed by atoms with Crippen molar-refractivity contribution >= 4 is 22.4 Å². The molecule has 0 aliphatic carbocycles. The normalized spacial score (nSPS) is 10.3. The van der Waals surface area contributed by atoms with Crippen molar-refractivity contribution in [3.05, 3.63) is 53.5 Å². The maximum atomic E-state index is 12.5. The van der Waals surface area contributed by atoms with Gasteiger partial charge in [0.1, 0.15) is 11.3 Å². The summed E-state index contributed by atoms with van der Waals surface area (Å²) in [4.78, 5) is 21.0. The molecule has 1 aromatic carbocycles. The number of benzene rings is 1. The topological polar surface area (TPSA) is 73.3 Å². The van der Waals surface area contributed by atoms with Crippen molar-refractivity contribution in [1.82, 2.24) is 9.97 Å². The van der Waals surface area contributed by atoms with Crippen LogP contribution in [0.15, 0.2) is 48.0 Å². The average Bonchev–Trinajstić information content (AvgIpc) is 3.11. The third kappa shape index (κ3) is 3.95. The van der Waals surface area contributed by atoms with Gasteiger partial charge in [0.15, 0.2) is 5.13 Å². The molecule has 3 rings (SSSR count). The van der Waals surface area contributed by atoms with Crippen molar-refractivity contribution < 1.29 is 14.3 Å². The van der Waals surface area contributed by atoms with Crippen LogP contribution in [0.1, 0.15) is 17.3 Å². The van der Waals surface area contributed by atoms with E-state index in [1.165, 1.54) is 11.3 Å². The molecular weight excluding hydrogens is 338 g/mol. The largest absolute Gasteiger partial charge is 0.497 e. The van der Waals surface area contributed by atoms with Crippen LogP contribution < -0.4 is 14.8 Å². The Kier molecular flexibility index (Phi) is 5.25.